The second-order valence-electron chi connectivity index (χ2n) is 5.34. The Hall–Kier alpha value is -0.660. The van der Waals surface area contributed by atoms with E-state index in [-0.39, 0.29) is 29.5 Å². The van der Waals surface area contributed by atoms with Gasteiger partial charge in [-0.3, -0.25) is 9.69 Å². The average Bonchev–Trinajstić information content (AvgIpc) is 2.75. The summed E-state index contributed by atoms with van der Waals surface area (Å²) in [6.45, 7) is 5.65. The van der Waals surface area contributed by atoms with E-state index in [9.17, 15) is 13.2 Å². The summed E-state index contributed by atoms with van der Waals surface area (Å²) in [5, 5.41) is 5.66. The van der Waals surface area contributed by atoms with Crippen molar-refractivity contribution < 1.29 is 13.2 Å². The van der Waals surface area contributed by atoms with Gasteiger partial charge in [0.25, 0.3) is 0 Å². The molecule has 2 aliphatic heterocycles. The summed E-state index contributed by atoms with van der Waals surface area (Å²) < 4.78 is 23.4. The van der Waals surface area contributed by atoms with Crippen LogP contribution in [-0.2, 0) is 14.6 Å². The maximum atomic E-state index is 12.0. The molecule has 2 N–H and O–H groups in total. The number of carbonyl (C=O) groups is 1. The van der Waals surface area contributed by atoms with Crippen LogP contribution >= 0.6 is 0 Å². The van der Waals surface area contributed by atoms with Gasteiger partial charge in [0.2, 0.25) is 5.91 Å². The molecule has 0 aromatic heterocycles. The molecule has 19 heavy (non-hydrogen) atoms. The molecule has 6 nitrogen and oxygen atoms in total. The van der Waals surface area contributed by atoms with Crippen LogP contribution < -0.4 is 10.6 Å². The molecule has 1 amide bonds. The Bertz CT molecular complexity index is 418. The number of sulfone groups is 1. The maximum absolute atomic E-state index is 12.0. The lowest BCUT2D eigenvalue weighted by Crippen LogP contribution is -2.53. The first-order valence-electron chi connectivity index (χ1n) is 6.95. The zero-order valence-corrected chi connectivity index (χ0v) is 12.2. The molecule has 0 bridgehead atoms. The lowest BCUT2D eigenvalue weighted by Gasteiger charge is -2.32. The highest BCUT2D eigenvalue weighted by Crippen LogP contribution is 2.19. The summed E-state index contributed by atoms with van der Waals surface area (Å²) >= 11 is 0. The molecule has 2 fully saturated rings. The Kier molecular flexibility index (Phi) is 4.81. The molecule has 0 aromatic rings. The molecule has 0 spiro atoms. The Morgan fingerprint density at radius 2 is 2.11 bits per heavy atom. The van der Waals surface area contributed by atoms with Crippen LogP contribution in [0, 0.1) is 0 Å². The van der Waals surface area contributed by atoms with E-state index in [1.165, 1.54) is 0 Å². The molecule has 2 unspecified atom stereocenters. The fourth-order valence-corrected chi connectivity index (χ4v) is 4.45. The third-order valence-corrected chi connectivity index (χ3v) is 6.32. The van der Waals surface area contributed by atoms with Crippen LogP contribution in [0.2, 0.25) is 0 Å². The fourth-order valence-electron chi connectivity index (χ4n) is 2.68. The predicted molar refractivity (Wildman–Crippen MR) is 73.7 cm³/mol. The normalized spacial score (nSPS) is 29.0. The standard InChI is InChI=1S/C12H23N3O3S/c1-10(15-6-4-13-5-7-15)12(16)14-9-11-3-2-8-19(11,17)18/h10-11,13H,2-9H2,1H3,(H,14,16). The van der Waals surface area contributed by atoms with Crippen LogP contribution in [0.15, 0.2) is 0 Å². The number of carbonyl (C=O) groups excluding carboxylic acids is 1. The molecule has 2 rings (SSSR count). The van der Waals surface area contributed by atoms with Crippen molar-refractivity contribution in [3.63, 3.8) is 0 Å². The summed E-state index contributed by atoms with van der Waals surface area (Å²) in [5.74, 6) is 0.199. The molecule has 0 aromatic carbocycles. The van der Waals surface area contributed by atoms with Gasteiger partial charge in [-0.15, -0.1) is 0 Å². The van der Waals surface area contributed by atoms with Crippen molar-refractivity contribution in [1.82, 2.24) is 15.5 Å². The van der Waals surface area contributed by atoms with Crippen LogP contribution in [-0.4, -0.2) is 69.0 Å². The molecule has 0 aliphatic carbocycles. The number of hydrogen-bond donors (Lipinski definition) is 2. The summed E-state index contributed by atoms with van der Waals surface area (Å²) in [6, 6.07) is -0.189. The summed E-state index contributed by atoms with van der Waals surface area (Å²) in [4.78, 5) is 14.2. The van der Waals surface area contributed by atoms with Crippen molar-refractivity contribution in [3.8, 4) is 0 Å². The van der Waals surface area contributed by atoms with E-state index in [0.717, 1.165) is 32.6 Å². The van der Waals surface area contributed by atoms with E-state index >= 15 is 0 Å². The monoisotopic (exact) mass is 289 g/mol. The van der Waals surface area contributed by atoms with Crippen molar-refractivity contribution in [2.45, 2.75) is 31.1 Å². The molecule has 2 atom stereocenters. The summed E-state index contributed by atoms with van der Waals surface area (Å²) in [5.41, 5.74) is 0. The smallest absolute Gasteiger partial charge is 0.237 e. The highest BCUT2D eigenvalue weighted by Gasteiger charge is 2.32. The fraction of sp³-hybridized carbons (Fsp3) is 0.917. The number of nitrogens with one attached hydrogen (secondary N) is 2. The first kappa shape index (κ1) is 14.7. The van der Waals surface area contributed by atoms with Crippen LogP contribution in [0.1, 0.15) is 19.8 Å². The highest BCUT2D eigenvalue weighted by molar-refractivity contribution is 7.92. The quantitative estimate of drug-likeness (QED) is 0.692. The molecule has 2 aliphatic rings. The Balaban J connectivity index is 1.80. The van der Waals surface area contributed by atoms with Crippen molar-refractivity contribution in [2.24, 2.45) is 0 Å². The molecule has 2 heterocycles. The van der Waals surface area contributed by atoms with Gasteiger partial charge in [0.1, 0.15) is 0 Å². The van der Waals surface area contributed by atoms with Crippen molar-refractivity contribution in [1.29, 1.82) is 0 Å². The van der Waals surface area contributed by atoms with Crippen molar-refractivity contribution in [2.75, 3.05) is 38.5 Å². The third kappa shape index (κ3) is 3.67. The number of hydrogen-bond acceptors (Lipinski definition) is 5. The summed E-state index contributed by atoms with van der Waals surface area (Å²) in [7, 11) is -2.97. The number of nitrogens with zero attached hydrogens (tertiary/aromatic N) is 1. The Morgan fingerprint density at radius 1 is 1.42 bits per heavy atom. The van der Waals surface area contributed by atoms with Gasteiger partial charge in [-0.2, -0.15) is 0 Å². The lowest BCUT2D eigenvalue weighted by molar-refractivity contribution is -0.126. The van der Waals surface area contributed by atoms with Gasteiger partial charge in [0.05, 0.1) is 17.0 Å². The molecule has 110 valence electrons. The van der Waals surface area contributed by atoms with Crippen LogP contribution in [0.3, 0.4) is 0 Å². The van der Waals surface area contributed by atoms with Gasteiger partial charge in [0.15, 0.2) is 9.84 Å². The number of piperazine rings is 1. The van der Waals surface area contributed by atoms with E-state index in [2.05, 4.69) is 15.5 Å². The second kappa shape index (κ2) is 6.19. The minimum Gasteiger partial charge on any atom is -0.353 e. The van der Waals surface area contributed by atoms with Crippen LogP contribution in [0.4, 0.5) is 0 Å². The average molecular weight is 289 g/mol. The lowest BCUT2D eigenvalue weighted by atomic mass is 10.2. The summed E-state index contributed by atoms with van der Waals surface area (Å²) in [6.07, 6.45) is 1.39. The predicted octanol–water partition coefficient (Wildman–Crippen LogP) is -1.03. The van der Waals surface area contributed by atoms with E-state index in [1.54, 1.807) is 0 Å². The first-order valence-corrected chi connectivity index (χ1v) is 8.66. The van der Waals surface area contributed by atoms with Crippen LogP contribution in [0.5, 0.6) is 0 Å². The van der Waals surface area contributed by atoms with Crippen molar-refractivity contribution >= 4 is 15.7 Å². The van der Waals surface area contributed by atoms with Gasteiger partial charge >= 0.3 is 0 Å². The maximum Gasteiger partial charge on any atom is 0.237 e. The Labute approximate surface area is 114 Å². The minimum atomic E-state index is -2.97. The second-order valence-corrected chi connectivity index (χ2v) is 7.74. The van der Waals surface area contributed by atoms with Crippen molar-refractivity contribution in [3.05, 3.63) is 0 Å². The molecular weight excluding hydrogens is 266 g/mol. The zero-order valence-electron chi connectivity index (χ0n) is 11.4. The van der Waals surface area contributed by atoms with E-state index in [4.69, 9.17) is 0 Å². The molecular formula is C12H23N3O3S. The third-order valence-electron chi connectivity index (χ3n) is 4.05. The largest absolute Gasteiger partial charge is 0.353 e. The number of amides is 1. The minimum absolute atomic E-state index is 0.0657. The molecule has 0 saturated carbocycles. The van der Waals surface area contributed by atoms with Gasteiger partial charge in [-0.05, 0) is 19.8 Å². The molecule has 0 radical (unpaired) electrons. The van der Waals surface area contributed by atoms with Gasteiger partial charge < -0.3 is 10.6 Å². The zero-order chi connectivity index (χ0) is 13.9. The van der Waals surface area contributed by atoms with E-state index in [0.29, 0.717) is 6.42 Å². The topological polar surface area (TPSA) is 78.5 Å². The van der Waals surface area contributed by atoms with E-state index < -0.39 is 9.84 Å². The van der Waals surface area contributed by atoms with Gasteiger partial charge in [0, 0.05) is 32.7 Å². The molecule has 2 saturated heterocycles. The number of rotatable bonds is 4. The SMILES string of the molecule is CC(C(=O)NCC1CCCS1(=O)=O)N1CCNCC1. The highest BCUT2D eigenvalue weighted by atomic mass is 32.2. The molecule has 7 heteroatoms. The van der Waals surface area contributed by atoms with E-state index in [1.807, 2.05) is 6.92 Å². The van der Waals surface area contributed by atoms with Gasteiger partial charge in [-0.25, -0.2) is 8.42 Å². The first-order chi connectivity index (χ1) is 9.00. The van der Waals surface area contributed by atoms with Gasteiger partial charge in [-0.1, -0.05) is 0 Å². The van der Waals surface area contributed by atoms with Crippen LogP contribution in [0.25, 0.3) is 0 Å². The Morgan fingerprint density at radius 3 is 2.68 bits per heavy atom.